The van der Waals surface area contributed by atoms with Crippen LogP contribution in [-0.4, -0.2) is 30.8 Å². The Balaban J connectivity index is 1.45. The maximum atomic E-state index is 12.7. The van der Waals surface area contributed by atoms with Crippen molar-refractivity contribution in [3.63, 3.8) is 0 Å². The van der Waals surface area contributed by atoms with Crippen molar-refractivity contribution in [2.45, 2.75) is 13.5 Å². The molecule has 0 spiro atoms. The van der Waals surface area contributed by atoms with Gasteiger partial charge in [-0.1, -0.05) is 53.7 Å². The summed E-state index contributed by atoms with van der Waals surface area (Å²) in [5, 5.41) is 13.4. The van der Waals surface area contributed by atoms with Gasteiger partial charge in [0.25, 0.3) is 11.4 Å². The third kappa shape index (κ3) is 3.78. The van der Waals surface area contributed by atoms with Crippen LogP contribution in [-0.2, 0) is 6.54 Å². The maximum Gasteiger partial charge on any atom is 0.336 e. The second-order valence-corrected chi connectivity index (χ2v) is 7.55. The summed E-state index contributed by atoms with van der Waals surface area (Å²) in [5.41, 5.74) is 3.96. The molecule has 0 aliphatic rings. The Morgan fingerprint density at radius 3 is 2.48 bits per heavy atom. The summed E-state index contributed by atoms with van der Waals surface area (Å²) in [6, 6.07) is 21.5. The minimum Gasteiger partial charge on any atom is -0.478 e. The molecule has 0 saturated carbocycles. The molecule has 0 saturated heterocycles. The number of rotatable bonds is 5. The van der Waals surface area contributed by atoms with Gasteiger partial charge >= 0.3 is 5.97 Å². The van der Waals surface area contributed by atoms with Crippen molar-refractivity contribution in [1.82, 2.24) is 19.7 Å². The highest BCUT2D eigenvalue weighted by Gasteiger charge is 2.17. The predicted molar refractivity (Wildman–Crippen MR) is 122 cm³/mol. The second kappa shape index (κ2) is 8.16. The molecule has 8 heteroatoms. The summed E-state index contributed by atoms with van der Waals surface area (Å²) in [5.74, 6) is -0.583. The van der Waals surface area contributed by atoms with Crippen LogP contribution in [0.4, 0.5) is 0 Å². The number of nitrogens with zero attached hydrogens (tertiary/aromatic N) is 4. The van der Waals surface area contributed by atoms with Gasteiger partial charge in [-0.25, -0.2) is 9.78 Å². The summed E-state index contributed by atoms with van der Waals surface area (Å²) >= 11 is 0. The molecule has 1 N–H and O–H groups in total. The number of carboxylic acid groups (broad SMARTS) is 1. The van der Waals surface area contributed by atoms with Gasteiger partial charge in [-0.05, 0) is 36.8 Å². The third-order valence-electron chi connectivity index (χ3n) is 5.38. The lowest BCUT2D eigenvalue weighted by Gasteiger charge is -2.11. The quantitative estimate of drug-likeness (QED) is 0.438. The summed E-state index contributed by atoms with van der Waals surface area (Å²) in [6.45, 7) is 2.11. The monoisotopic (exact) mass is 438 g/mol. The second-order valence-electron chi connectivity index (χ2n) is 7.55. The summed E-state index contributed by atoms with van der Waals surface area (Å²) in [7, 11) is 0. The lowest BCUT2D eigenvalue weighted by Crippen LogP contribution is -2.24. The minimum atomic E-state index is -1.07. The summed E-state index contributed by atoms with van der Waals surface area (Å²) in [6.07, 6.45) is 0. The Morgan fingerprint density at radius 1 is 0.970 bits per heavy atom. The molecule has 0 bridgehead atoms. The first-order valence-electron chi connectivity index (χ1n) is 10.2. The molecule has 2 aromatic heterocycles. The zero-order valence-electron chi connectivity index (χ0n) is 17.6. The van der Waals surface area contributed by atoms with Crippen molar-refractivity contribution in [3.8, 4) is 22.8 Å². The Bertz CT molecular complexity index is 1550. The molecule has 2 heterocycles. The number of carbonyl (C=O) groups is 1. The fourth-order valence-electron chi connectivity index (χ4n) is 3.73. The van der Waals surface area contributed by atoms with E-state index >= 15 is 0 Å². The number of benzene rings is 3. The van der Waals surface area contributed by atoms with E-state index in [0.29, 0.717) is 29.2 Å². The van der Waals surface area contributed by atoms with E-state index in [1.165, 1.54) is 6.07 Å². The van der Waals surface area contributed by atoms with Gasteiger partial charge < -0.3 is 14.2 Å². The van der Waals surface area contributed by atoms with Crippen LogP contribution in [0, 0.1) is 6.92 Å². The Kier molecular flexibility index (Phi) is 5.02. The van der Waals surface area contributed by atoms with Gasteiger partial charge in [0.15, 0.2) is 0 Å². The SMILES string of the molecule is Cc1nc2ccccc2n(Cc2ccc(-c3noc(-c4ccccc4C(=O)O)n3)cc2)c1=O. The van der Waals surface area contributed by atoms with Gasteiger partial charge in [0, 0.05) is 5.56 Å². The van der Waals surface area contributed by atoms with Gasteiger partial charge in [-0.15, -0.1) is 0 Å². The molecule has 5 rings (SSSR count). The van der Waals surface area contributed by atoms with Crippen LogP contribution in [0.25, 0.3) is 33.9 Å². The number of fused-ring (bicyclic) bond motifs is 1. The predicted octanol–water partition coefficient (Wildman–Crippen LogP) is 4.17. The van der Waals surface area contributed by atoms with Crippen LogP contribution in [0.5, 0.6) is 0 Å². The average molecular weight is 438 g/mol. The number of para-hydroxylation sites is 2. The standard InChI is InChI=1S/C25H18N4O4/c1-15-24(30)29(21-9-5-4-8-20(21)26-15)14-16-10-12-17(13-11-16)22-27-23(33-28-22)18-6-2-3-7-19(18)25(31)32/h2-13H,14H2,1H3,(H,31,32). The fraction of sp³-hybridized carbons (Fsp3) is 0.0800. The zero-order chi connectivity index (χ0) is 22.9. The van der Waals surface area contributed by atoms with Gasteiger partial charge in [0.1, 0.15) is 5.69 Å². The molecule has 0 aliphatic heterocycles. The number of hydrogen-bond acceptors (Lipinski definition) is 6. The van der Waals surface area contributed by atoms with Crippen molar-refractivity contribution in [2.75, 3.05) is 0 Å². The van der Waals surface area contributed by atoms with Gasteiger partial charge in [-0.2, -0.15) is 4.98 Å². The first-order valence-corrected chi connectivity index (χ1v) is 10.2. The van der Waals surface area contributed by atoms with Crippen LogP contribution >= 0.6 is 0 Å². The van der Waals surface area contributed by atoms with E-state index in [-0.39, 0.29) is 17.0 Å². The first-order chi connectivity index (χ1) is 16.0. The lowest BCUT2D eigenvalue weighted by molar-refractivity contribution is 0.0697. The highest BCUT2D eigenvalue weighted by Crippen LogP contribution is 2.25. The zero-order valence-corrected chi connectivity index (χ0v) is 17.6. The van der Waals surface area contributed by atoms with E-state index < -0.39 is 5.97 Å². The van der Waals surface area contributed by atoms with Crippen LogP contribution < -0.4 is 5.56 Å². The van der Waals surface area contributed by atoms with Gasteiger partial charge in [0.05, 0.1) is 28.7 Å². The normalized spacial score (nSPS) is 11.1. The number of hydrogen-bond donors (Lipinski definition) is 1. The third-order valence-corrected chi connectivity index (χ3v) is 5.38. The highest BCUT2D eigenvalue weighted by molar-refractivity contribution is 5.94. The summed E-state index contributed by atoms with van der Waals surface area (Å²) in [4.78, 5) is 32.9. The molecule has 0 fully saturated rings. The molecule has 0 atom stereocenters. The number of aromatic nitrogens is 4. The van der Waals surface area contributed by atoms with Crippen LogP contribution in [0.2, 0.25) is 0 Å². The molecule has 33 heavy (non-hydrogen) atoms. The molecule has 0 unspecified atom stereocenters. The molecular formula is C25H18N4O4. The van der Waals surface area contributed by atoms with E-state index in [1.54, 1.807) is 29.7 Å². The lowest BCUT2D eigenvalue weighted by atomic mass is 10.1. The van der Waals surface area contributed by atoms with Crippen molar-refractivity contribution in [3.05, 3.63) is 100.0 Å². The largest absolute Gasteiger partial charge is 0.478 e. The topological polar surface area (TPSA) is 111 Å². The number of aromatic carboxylic acids is 1. The van der Waals surface area contributed by atoms with E-state index in [9.17, 15) is 14.7 Å². The number of aryl methyl sites for hydroxylation is 1. The van der Waals surface area contributed by atoms with E-state index in [1.807, 2.05) is 48.5 Å². The summed E-state index contributed by atoms with van der Waals surface area (Å²) < 4.78 is 7.03. The molecule has 0 amide bonds. The van der Waals surface area contributed by atoms with E-state index in [0.717, 1.165) is 16.6 Å². The fourth-order valence-corrected chi connectivity index (χ4v) is 3.73. The Morgan fingerprint density at radius 2 is 1.70 bits per heavy atom. The van der Waals surface area contributed by atoms with E-state index in [4.69, 9.17) is 4.52 Å². The molecular weight excluding hydrogens is 420 g/mol. The van der Waals surface area contributed by atoms with Gasteiger partial charge in [0.2, 0.25) is 5.82 Å². The van der Waals surface area contributed by atoms with Crippen LogP contribution in [0.1, 0.15) is 21.6 Å². The molecule has 162 valence electrons. The van der Waals surface area contributed by atoms with Crippen molar-refractivity contribution in [1.29, 1.82) is 0 Å². The van der Waals surface area contributed by atoms with Gasteiger partial charge in [-0.3, -0.25) is 4.79 Å². The Labute approximate surface area is 187 Å². The number of carboxylic acids is 1. The molecule has 3 aromatic carbocycles. The minimum absolute atomic E-state index is 0.0911. The molecule has 5 aromatic rings. The Hall–Kier alpha value is -4.59. The molecule has 0 radical (unpaired) electrons. The smallest absolute Gasteiger partial charge is 0.336 e. The van der Waals surface area contributed by atoms with Crippen molar-refractivity contribution >= 4 is 17.0 Å². The van der Waals surface area contributed by atoms with Crippen molar-refractivity contribution < 1.29 is 14.4 Å². The van der Waals surface area contributed by atoms with Crippen LogP contribution in [0.3, 0.4) is 0 Å². The first kappa shape index (κ1) is 20.3. The average Bonchev–Trinajstić information content (AvgIpc) is 3.32. The maximum absolute atomic E-state index is 12.7. The molecule has 0 aliphatic carbocycles. The molecule has 8 nitrogen and oxygen atoms in total. The highest BCUT2D eigenvalue weighted by atomic mass is 16.5. The van der Waals surface area contributed by atoms with Crippen LogP contribution in [0.15, 0.2) is 82.1 Å². The van der Waals surface area contributed by atoms with Crippen molar-refractivity contribution in [2.24, 2.45) is 0 Å². The van der Waals surface area contributed by atoms with E-state index in [2.05, 4.69) is 15.1 Å².